The first-order valence-electron chi connectivity index (χ1n) is 9.73. The molecule has 4 rings (SSSR count). The van der Waals surface area contributed by atoms with Crippen LogP contribution < -0.4 is 16.0 Å². The molecule has 1 saturated carbocycles. The van der Waals surface area contributed by atoms with Gasteiger partial charge in [0, 0.05) is 24.7 Å². The summed E-state index contributed by atoms with van der Waals surface area (Å²) in [7, 11) is 0. The number of carbonyl (C=O) groups excluding carboxylic acids is 1. The van der Waals surface area contributed by atoms with Crippen LogP contribution in [0, 0.1) is 5.92 Å². The minimum Gasteiger partial charge on any atom is -0.353 e. The fourth-order valence-corrected chi connectivity index (χ4v) is 5.32. The lowest BCUT2D eigenvalue weighted by atomic mass is 9.74. The lowest BCUT2D eigenvalue weighted by molar-refractivity contribution is -0.129. The van der Waals surface area contributed by atoms with Gasteiger partial charge in [0.15, 0.2) is 5.13 Å². The monoisotopic (exact) mass is 372 g/mol. The summed E-state index contributed by atoms with van der Waals surface area (Å²) < 4.78 is 1.23. The highest BCUT2D eigenvalue weighted by molar-refractivity contribution is 7.22. The molecule has 0 radical (unpaired) electrons. The Hall–Kier alpha value is -1.66. The maximum Gasteiger partial charge on any atom is 0.225 e. The zero-order valence-corrected chi connectivity index (χ0v) is 16.2. The smallest absolute Gasteiger partial charge is 0.225 e. The molecular weight excluding hydrogens is 344 g/mol. The number of carbonyl (C=O) groups is 1. The lowest BCUT2D eigenvalue weighted by Gasteiger charge is -2.39. The molecule has 1 amide bonds. The highest BCUT2D eigenvalue weighted by Crippen LogP contribution is 2.33. The van der Waals surface area contributed by atoms with Gasteiger partial charge in [-0.3, -0.25) is 4.79 Å². The Morgan fingerprint density at radius 1 is 1.27 bits per heavy atom. The van der Waals surface area contributed by atoms with E-state index in [2.05, 4.69) is 28.4 Å². The van der Waals surface area contributed by atoms with Crippen LogP contribution in [0.1, 0.15) is 45.4 Å². The first-order chi connectivity index (χ1) is 12.5. The number of anilines is 1. The second kappa shape index (κ2) is 7.16. The minimum atomic E-state index is -0.357. The quantitative estimate of drug-likeness (QED) is 0.867. The fourth-order valence-electron chi connectivity index (χ4n) is 4.30. The molecule has 3 N–H and O–H groups in total. The molecule has 0 bridgehead atoms. The van der Waals surface area contributed by atoms with E-state index in [1.807, 2.05) is 13.0 Å². The topological polar surface area (TPSA) is 71.2 Å². The van der Waals surface area contributed by atoms with Crippen molar-refractivity contribution in [1.82, 2.24) is 10.3 Å². The minimum absolute atomic E-state index is 0.0430. The van der Waals surface area contributed by atoms with Gasteiger partial charge in [0.05, 0.1) is 16.1 Å². The average molecular weight is 373 g/mol. The van der Waals surface area contributed by atoms with Gasteiger partial charge in [-0.2, -0.15) is 0 Å². The van der Waals surface area contributed by atoms with E-state index in [0.717, 1.165) is 62.3 Å². The van der Waals surface area contributed by atoms with Gasteiger partial charge in [-0.15, -0.1) is 0 Å². The highest BCUT2D eigenvalue weighted by Gasteiger charge is 2.38. The third-order valence-electron chi connectivity index (χ3n) is 5.97. The molecule has 1 aromatic heterocycles. The molecule has 6 heteroatoms. The molecule has 2 heterocycles. The fraction of sp³-hybridized carbons (Fsp3) is 0.600. The van der Waals surface area contributed by atoms with Gasteiger partial charge in [-0.1, -0.05) is 36.3 Å². The first-order valence-corrected chi connectivity index (χ1v) is 10.5. The van der Waals surface area contributed by atoms with Gasteiger partial charge < -0.3 is 16.0 Å². The molecule has 5 nitrogen and oxygen atoms in total. The van der Waals surface area contributed by atoms with Crippen molar-refractivity contribution in [3.05, 3.63) is 24.3 Å². The van der Waals surface area contributed by atoms with Gasteiger partial charge in [-0.25, -0.2) is 4.98 Å². The molecule has 1 aliphatic heterocycles. The number of para-hydroxylation sites is 1. The highest BCUT2D eigenvalue weighted by atomic mass is 32.1. The van der Waals surface area contributed by atoms with Crippen LogP contribution in [0.4, 0.5) is 5.13 Å². The van der Waals surface area contributed by atoms with Crippen molar-refractivity contribution in [2.24, 2.45) is 11.7 Å². The van der Waals surface area contributed by atoms with Crippen molar-refractivity contribution in [2.45, 2.75) is 57.0 Å². The van der Waals surface area contributed by atoms with Crippen LogP contribution in [0.25, 0.3) is 10.2 Å². The van der Waals surface area contributed by atoms with Gasteiger partial charge in [0.1, 0.15) is 0 Å². The third kappa shape index (κ3) is 3.58. The number of fused-ring (bicyclic) bond motifs is 1. The number of nitrogens with two attached hydrogens (primary N) is 1. The van der Waals surface area contributed by atoms with Gasteiger partial charge in [-0.05, 0) is 44.7 Å². The van der Waals surface area contributed by atoms with E-state index in [1.165, 1.54) is 4.70 Å². The van der Waals surface area contributed by atoms with Crippen molar-refractivity contribution in [1.29, 1.82) is 0 Å². The van der Waals surface area contributed by atoms with Crippen molar-refractivity contribution in [3.63, 3.8) is 0 Å². The first kappa shape index (κ1) is 17.7. The summed E-state index contributed by atoms with van der Waals surface area (Å²) in [5.74, 6) is 0.117. The molecule has 2 fully saturated rings. The molecule has 1 aliphatic carbocycles. The molecule has 2 aromatic rings. The van der Waals surface area contributed by atoms with Crippen LogP contribution in [0.15, 0.2) is 24.3 Å². The molecule has 2 atom stereocenters. The zero-order valence-electron chi connectivity index (χ0n) is 15.4. The maximum atomic E-state index is 12.7. The lowest BCUT2D eigenvalue weighted by Crippen LogP contribution is -2.55. The number of hydrogen-bond acceptors (Lipinski definition) is 5. The molecule has 2 aliphatic rings. The molecular formula is C20H28N4OS. The van der Waals surface area contributed by atoms with Crippen LogP contribution in [0.2, 0.25) is 0 Å². The molecule has 140 valence electrons. The Bertz CT molecular complexity index is 746. The summed E-state index contributed by atoms with van der Waals surface area (Å²) in [6, 6.07) is 8.53. The molecule has 26 heavy (non-hydrogen) atoms. The standard InChI is InChI=1S/C20H28N4OS/c1-20(21)11-5-4-6-15(20)18(25)22-14-9-12-24(13-10-14)19-23-16-7-2-3-8-17(16)26-19/h2-3,7-8,14-15H,4-6,9-13,21H2,1H3,(H,22,25). The molecule has 2 unspecified atom stereocenters. The average Bonchev–Trinajstić information content (AvgIpc) is 3.06. The predicted molar refractivity (Wildman–Crippen MR) is 108 cm³/mol. The second-order valence-electron chi connectivity index (χ2n) is 8.04. The van der Waals surface area contributed by atoms with Crippen LogP contribution >= 0.6 is 11.3 Å². The largest absolute Gasteiger partial charge is 0.353 e. The molecule has 1 saturated heterocycles. The third-order valence-corrected chi connectivity index (χ3v) is 7.06. The number of rotatable bonds is 3. The number of thiazole rings is 1. The van der Waals surface area contributed by atoms with E-state index in [9.17, 15) is 4.79 Å². The zero-order chi connectivity index (χ0) is 18.1. The van der Waals surface area contributed by atoms with Crippen molar-refractivity contribution >= 4 is 32.6 Å². The van der Waals surface area contributed by atoms with Crippen LogP contribution in [0.3, 0.4) is 0 Å². The Labute approximate surface area is 159 Å². The Balaban J connectivity index is 1.34. The Kier molecular flexibility index (Phi) is 4.88. The van der Waals surface area contributed by atoms with Crippen LogP contribution in [0.5, 0.6) is 0 Å². The number of benzene rings is 1. The van der Waals surface area contributed by atoms with Gasteiger partial charge >= 0.3 is 0 Å². The summed E-state index contributed by atoms with van der Waals surface area (Å²) in [4.78, 5) is 19.8. The van der Waals surface area contributed by atoms with E-state index < -0.39 is 0 Å². The number of hydrogen-bond donors (Lipinski definition) is 2. The van der Waals surface area contributed by atoms with E-state index in [-0.39, 0.29) is 23.4 Å². The normalized spacial score (nSPS) is 27.6. The van der Waals surface area contributed by atoms with Crippen molar-refractivity contribution in [2.75, 3.05) is 18.0 Å². The number of amides is 1. The van der Waals surface area contributed by atoms with Crippen molar-refractivity contribution in [3.8, 4) is 0 Å². The number of piperidine rings is 1. The van der Waals surface area contributed by atoms with E-state index in [1.54, 1.807) is 11.3 Å². The Morgan fingerprint density at radius 2 is 2.04 bits per heavy atom. The van der Waals surface area contributed by atoms with E-state index >= 15 is 0 Å². The van der Waals surface area contributed by atoms with E-state index in [0.29, 0.717) is 0 Å². The van der Waals surface area contributed by atoms with Crippen LogP contribution in [-0.2, 0) is 4.79 Å². The SMILES string of the molecule is CC1(N)CCCCC1C(=O)NC1CCN(c2nc3ccccc3s2)CC1. The summed E-state index contributed by atoms with van der Waals surface area (Å²) in [5, 5.41) is 4.38. The number of aromatic nitrogens is 1. The van der Waals surface area contributed by atoms with Gasteiger partial charge in [0.25, 0.3) is 0 Å². The second-order valence-corrected chi connectivity index (χ2v) is 9.05. The number of nitrogens with one attached hydrogen (secondary N) is 1. The van der Waals surface area contributed by atoms with Crippen LogP contribution in [-0.4, -0.2) is 35.6 Å². The molecule has 0 spiro atoms. The van der Waals surface area contributed by atoms with E-state index in [4.69, 9.17) is 10.7 Å². The predicted octanol–water partition coefficient (Wildman–Crippen LogP) is 3.29. The molecule has 1 aromatic carbocycles. The summed E-state index contributed by atoms with van der Waals surface area (Å²) >= 11 is 1.75. The summed E-state index contributed by atoms with van der Waals surface area (Å²) in [6.07, 6.45) is 6.05. The summed E-state index contributed by atoms with van der Waals surface area (Å²) in [6.45, 7) is 3.91. The summed E-state index contributed by atoms with van der Waals surface area (Å²) in [5.41, 5.74) is 7.10. The van der Waals surface area contributed by atoms with Gasteiger partial charge in [0.2, 0.25) is 5.91 Å². The Morgan fingerprint density at radius 3 is 2.77 bits per heavy atom. The maximum absolute atomic E-state index is 12.7. The number of nitrogens with zero attached hydrogens (tertiary/aromatic N) is 2. The van der Waals surface area contributed by atoms with Crippen molar-refractivity contribution < 1.29 is 4.79 Å².